The molecule has 1 atom stereocenters. The molecule has 1 aromatic rings. The van der Waals surface area contributed by atoms with Crippen LogP contribution in [-0.4, -0.2) is 49.7 Å². The molecule has 2 rings (SSSR count). The van der Waals surface area contributed by atoms with Gasteiger partial charge in [-0.05, 0) is 23.9 Å². The van der Waals surface area contributed by atoms with E-state index in [1.54, 1.807) is 4.90 Å². The number of carbonyl (C=O) groups is 2. The second-order valence-corrected chi connectivity index (χ2v) is 4.98. The molecule has 0 aromatic carbocycles. The number of carbonyl (C=O) groups excluding carboxylic acids is 2. The number of thiophene rings is 1. The van der Waals surface area contributed by atoms with Crippen LogP contribution in [0.5, 0.6) is 0 Å². The molecule has 0 N–H and O–H groups in total. The summed E-state index contributed by atoms with van der Waals surface area (Å²) in [6.45, 7) is 3.02. The molecule has 1 amide bonds. The van der Waals surface area contributed by atoms with Crippen molar-refractivity contribution in [3.05, 3.63) is 21.9 Å². The molecule has 0 aliphatic carbocycles. The van der Waals surface area contributed by atoms with E-state index in [2.05, 4.69) is 4.74 Å². The number of esters is 1. The van der Waals surface area contributed by atoms with Gasteiger partial charge >= 0.3 is 5.97 Å². The first-order chi connectivity index (χ1) is 8.63. The van der Waals surface area contributed by atoms with E-state index in [4.69, 9.17) is 4.74 Å². The minimum Gasteiger partial charge on any atom is -0.467 e. The molecule has 1 fully saturated rings. The van der Waals surface area contributed by atoms with Gasteiger partial charge in [0.1, 0.15) is 0 Å². The van der Waals surface area contributed by atoms with Crippen LogP contribution < -0.4 is 0 Å². The summed E-state index contributed by atoms with van der Waals surface area (Å²) in [6.07, 6.45) is -0.673. The second-order valence-electron chi connectivity index (χ2n) is 4.07. The van der Waals surface area contributed by atoms with E-state index in [1.807, 2.05) is 18.4 Å². The standard InChI is InChI=1S/C12H15NO4S/c1-8-3-6-18-10(8)11(14)13-4-5-17-9(7-13)12(15)16-2/h3,6,9H,4-5,7H2,1-2H3. The van der Waals surface area contributed by atoms with Crippen molar-refractivity contribution in [1.29, 1.82) is 0 Å². The Morgan fingerprint density at radius 3 is 2.94 bits per heavy atom. The van der Waals surface area contributed by atoms with Gasteiger partial charge in [0.25, 0.3) is 5.91 Å². The van der Waals surface area contributed by atoms with E-state index in [9.17, 15) is 9.59 Å². The summed E-state index contributed by atoms with van der Waals surface area (Å²) in [7, 11) is 1.32. The van der Waals surface area contributed by atoms with Crippen LogP contribution in [-0.2, 0) is 14.3 Å². The Labute approximate surface area is 109 Å². The van der Waals surface area contributed by atoms with Gasteiger partial charge in [-0.3, -0.25) is 4.79 Å². The van der Waals surface area contributed by atoms with Crippen molar-refractivity contribution >= 4 is 23.2 Å². The molecule has 5 nitrogen and oxygen atoms in total. The fraction of sp³-hybridized carbons (Fsp3) is 0.500. The Bertz CT molecular complexity index is 457. The van der Waals surface area contributed by atoms with Gasteiger partial charge in [0.15, 0.2) is 6.10 Å². The molecule has 1 aromatic heterocycles. The fourth-order valence-electron chi connectivity index (χ4n) is 1.84. The van der Waals surface area contributed by atoms with Gasteiger partial charge in [-0.1, -0.05) is 0 Å². The summed E-state index contributed by atoms with van der Waals surface area (Å²) in [5.74, 6) is -0.477. The number of amides is 1. The SMILES string of the molecule is COC(=O)C1CN(C(=O)c2sccc2C)CCO1. The molecule has 18 heavy (non-hydrogen) atoms. The lowest BCUT2D eigenvalue weighted by Crippen LogP contribution is -2.48. The highest BCUT2D eigenvalue weighted by atomic mass is 32.1. The highest BCUT2D eigenvalue weighted by Crippen LogP contribution is 2.19. The number of morpholine rings is 1. The molecule has 0 bridgehead atoms. The molecular weight excluding hydrogens is 254 g/mol. The number of ether oxygens (including phenoxy) is 2. The van der Waals surface area contributed by atoms with Crippen molar-refractivity contribution in [1.82, 2.24) is 4.90 Å². The van der Waals surface area contributed by atoms with E-state index < -0.39 is 12.1 Å². The maximum absolute atomic E-state index is 12.3. The minimum absolute atomic E-state index is 0.0419. The molecule has 6 heteroatoms. The number of hydrogen-bond acceptors (Lipinski definition) is 5. The predicted molar refractivity (Wildman–Crippen MR) is 66.7 cm³/mol. The van der Waals surface area contributed by atoms with Gasteiger partial charge in [0.2, 0.25) is 0 Å². The lowest BCUT2D eigenvalue weighted by molar-refractivity contribution is -0.158. The highest BCUT2D eigenvalue weighted by molar-refractivity contribution is 7.12. The van der Waals surface area contributed by atoms with Crippen LogP contribution in [0.4, 0.5) is 0 Å². The lowest BCUT2D eigenvalue weighted by Gasteiger charge is -2.31. The first-order valence-electron chi connectivity index (χ1n) is 5.66. The summed E-state index contributed by atoms with van der Waals surface area (Å²) in [6, 6.07) is 1.91. The van der Waals surface area contributed by atoms with Crippen molar-refractivity contribution < 1.29 is 19.1 Å². The number of rotatable bonds is 2. The number of nitrogens with zero attached hydrogens (tertiary/aromatic N) is 1. The zero-order chi connectivity index (χ0) is 13.1. The molecule has 1 unspecified atom stereocenters. The van der Waals surface area contributed by atoms with E-state index >= 15 is 0 Å². The third-order valence-electron chi connectivity index (χ3n) is 2.87. The van der Waals surface area contributed by atoms with Gasteiger partial charge in [-0.15, -0.1) is 11.3 Å². The molecule has 98 valence electrons. The topological polar surface area (TPSA) is 55.8 Å². The molecule has 0 spiro atoms. The quantitative estimate of drug-likeness (QED) is 0.754. The van der Waals surface area contributed by atoms with Crippen molar-refractivity contribution in [2.24, 2.45) is 0 Å². The number of hydrogen-bond donors (Lipinski definition) is 0. The van der Waals surface area contributed by atoms with E-state index in [0.717, 1.165) is 10.4 Å². The van der Waals surface area contributed by atoms with Crippen LogP contribution in [0.2, 0.25) is 0 Å². The van der Waals surface area contributed by atoms with Gasteiger partial charge < -0.3 is 14.4 Å². The Hall–Kier alpha value is -1.40. The second kappa shape index (κ2) is 5.49. The monoisotopic (exact) mass is 269 g/mol. The molecule has 1 saturated heterocycles. The fourth-order valence-corrected chi connectivity index (χ4v) is 2.74. The molecule has 2 heterocycles. The van der Waals surface area contributed by atoms with Gasteiger partial charge in [0.05, 0.1) is 25.1 Å². The Balaban J connectivity index is 2.07. The van der Waals surface area contributed by atoms with Crippen molar-refractivity contribution in [3.63, 3.8) is 0 Å². The van der Waals surface area contributed by atoms with Gasteiger partial charge in [-0.25, -0.2) is 4.79 Å². The first-order valence-corrected chi connectivity index (χ1v) is 6.54. The van der Waals surface area contributed by atoms with Crippen LogP contribution in [0.25, 0.3) is 0 Å². The summed E-state index contributed by atoms with van der Waals surface area (Å²) < 4.78 is 9.93. The molecular formula is C12H15NO4S. The smallest absolute Gasteiger partial charge is 0.336 e. The Morgan fingerprint density at radius 2 is 2.33 bits per heavy atom. The maximum atomic E-state index is 12.3. The first kappa shape index (κ1) is 13.0. The van der Waals surface area contributed by atoms with E-state index in [1.165, 1.54) is 18.4 Å². The largest absolute Gasteiger partial charge is 0.467 e. The van der Waals surface area contributed by atoms with E-state index in [0.29, 0.717) is 13.2 Å². The summed E-state index contributed by atoms with van der Waals surface area (Å²) in [5, 5.41) is 1.89. The van der Waals surface area contributed by atoms with Crippen molar-refractivity contribution in [2.75, 3.05) is 26.8 Å². The molecule has 0 saturated carbocycles. The zero-order valence-electron chi connectivity index (χ0n) is 10.3. The highest BCUT2D eigenvalue weighted by Gasteiger charge is 2.31. The van der Waals surface area contributed by atoms with Crippen LogP contribution in [0.3, 0.4) is 0 Å². The van der Waals surface area contributed by atoms with Crippen LogP contribution in [0.15, 0.2) is 11.4 Å². The normalized spacial score (nSPS) is 19.7. The minimum atomic E-state index is -0.673. The van der Waals surface area contributed by atoms with Gasteiger partial charge in [-0.2, -0.15) is 0 Å². The zero-order valence-corrected chi connectivity index (χ0v) is 11.2. The average molecular weight is 269 g/mol. The maximum Gasteiger partial charge on any atom is 0.336 e. The average Bonchev–Trinajstić information content (AvgIpc) is 2.83. The predicted octanol–water partition coefficient (Wildman–Crippen LogP) is 1.07. The van der Waals surface area contributed by atoms with Crippen LogP contribution >= 0.6 is 11.3 Å². The Morgan fingerprint density at radius 1 is 1.56 bits per heavy atom. The summed E-state index contributed by atoms with van der Waals surface area (Å²) in [5.41, 5.74) is 0.964. The van der Waals surface area contributed by atoms with Crippen molar-refractivity contribution in [2.45, 2.75) is 13.0 Å². The number of aryl methyl sites for hydroxylation is 1. The van der Waals surface area contributed by atoms with Crippen molar-refractivity contribution in [3.8, 4) is 0 Å². The summed E-state index contributed by atoms with van der Waals surface area (Å²) >= 11 is 1.42. The van der Waals surface area contributed by atoms with Crippen LogP contribution in [0, 0.1) is 6.92 Å². The Kier molecular flexibility index (Phi) is 3.98. The number of methoxy groups -OCH3 is 1. The molecule has 1 aliphatic rings. The summed E-state index contributed by atoms with van der Waals surface area (Å²) in [4.78, 5) is 26.0. The molecule has 0 radical (unpaired) electrons. The third kappa shape index (κ3) is 2.54. The van der Waals surface area contributed by atoms with Crippen LogP contribution in [0.1, 0.15) is 15.2 Å². The van der Waals surface area contributed by atoms with Gasteiger partial charge in [0, 0.05) is 6.54 Å². The lowest BCUT2D eigenvalue weighted by atomic mass is 10.2. The molecule has 1 aliphatic heterocycles. The van der Waals surface area contributed by atoms with E-state index in [-0.39, 0.29) is 12.5 Å². The third-order valence-corrected chi connectivity index (χ3v) is 3.88.